The van der Waals surface area contributed by atoms with Gasteiger partial charge in [0.25, 0.3) is 5.91 Å². The van der Waals surface area contributed by atoms with E-state index in [0.717, 1.165) is 27.5 Å². The van der Waals surface area contributed by atoms with E-state index >= 15 is 0 Å². The fourth-order valence-corrected chi connectivity index (χ4v) is 3.12. The zero-order chi connectivity index (χ0) is 19.0. The Balaban J connectivity index is 1.78. The van der Waals surface area contributed by atoms with E-state index in [1.54, 1.807) is 36.1 Å². The first kappa shape index (κ1) is 17.0. The molecule has 0 spiro atoms. The molecular formula is C21H20N4O2. The number of rotatable bonds is 4. The van der Waals surface area contributed by atoms with Gasteiger partial charge in [0.1, 0.15) is 5.75 Å². The molecule has 136 valence electrons. The number of carbonyl (C=O) groups is 1. The SMILES string of the molecule is CCn1nc(NC(=O)c2cccc(OC)c2)c2cc3ccc(C)cc3nc21. The summed E-state index contributed by atoms with van der Waals surface area (Å²) in [6.45, 7) is 4.71. The highest BCUT2D eigenvalue weighted by Gasteiger charge is 2.16. The Morgan fingerprint density at radius 1 is 1.19 bits per heavy atom. The fourth-order valence-electron chi connectivity index (χ4n) is 3.12. The van der Waals surface area contributed by atoms with Gasteiger partial charge in [-0.05, 0) is 49.7 Å². The largest absolute Gasteiger partial charge is 0.497 e. The van der Waals surface area contributed by atoms with Crippen LogP contribution in [0.3, 0.4) is 0 Å². The maximum atomic E-state index is 12.7. The van der Waals surface area contributed by atoms with E-state index in [0.29, 0.717) is 23.7 Å². The normalized spacial score (nSPS) is 11.1. The fraction of sp³-hybridized carbons (Fsp3) is 0.190. The van der Waals surface area contributed by atoms with Gasteiger partial charge in [0.05, 0.1) is 18.0 Å². The number of hydrogen-bond donors (Lipinski definition) is 1. The Kier molecular flexibility index (Phi) is 4.24. The molecule has 0 atom stereocenters. The van der Waals surface area contributed by atoms with Crippen LogP contribution in [0.1, 0.15) is 22.8 Å². The monoisotopic (exact) mass is 360 g/mol. The van der Waals surface area contributed by atoms with Crippen LogP contribution >= 0.6 is 0 Å². The second-order valence-corrected chi connectivity index (χ2v) is 6.41. The molecule has 0 aliphatic carbocycles. The van der Waals surface area contributed by atoms with Crippen molar-refractivity contribution in [3.05, 3.63) is 59.7 Å². The van der Waals surface area contributed by atoms with Crippen LogP contribution in [-0.4, -0.2) is 27.8 Å². The first-order chi connectivity index (χ1) is 13.1. The van der Waals surface area contributed by atoms with Crippen molar-refractivity contribution >= 4 is 33.7 Å². The smallest absolute Gasteiger partial charge is 0.257 e. The molecular weight excluding hydrogens is 340 g/mol. The summed E-state index contributed by atoms with van der Waals surface area (Å²) in [6.07, 6.45) is 0. The lowest BCUT2D eigenvalue weighted by molar-refractivity contribution is 0.102. The van der Waals surface area contributed by atoms with E-state index in [9.17, 15) is 4.79 Å². The molecule has 2 aromatic heterocycles. The van der Waals surface area contributed by atoms with Crippen molar-refractivity contribution in [3.8, 4) is 5.75 Å². The van der Waals surface area contributed by atoms with E-state index in [1.165, 1.54) is 0 Å². The molecule has 2 aromatic carbocycles. The third kappa shape index (κ3) is 3.10. The molecule has 2 heterocycles. The predicted molar refractivity (Wildman–Crippen MR) is 106 cm³/mol. The summed E-state index contributed by atoms with van der Waals surface area (Å²) in [5.74, 6) is 0.907. The van der Waals surface area contributed by atoms with Gasteiger partial charge in [-0.1, -0.05) is 18.2 Å². The molecule has 0 aliphatic heterocycles. The van der Waals surface area contributed by atoms with E-state index in [4.69, 9.17) is 9.72 Å². The third-order valence-corrected chi connectivity index (χ3v) is 4.54. The lowest BCUT2D eigenvalue weighted by Crippen LogP contribution is -2.13. The number of nitrogens with zero attached hydrogens (tertiary/aromatic N) is 3. The highest BCUT2D eigenvalue weighted by molar-refractivity contribution is 6.09. The van der Waals surface area contributed by atoms with Crippen LogP contribution < -0.4 is 10.1 Å². The van der Waals surface area contributed by atoms with E-state index in [1.807, 2.05) is 26.0 Å². The van der Waals surface area contributed by atoms with Gasteiger partial charge in [-0.3, -0.25) is 4.79 Å². The number of aryl methyl sites for hydroxylation is 2. The number of hydrogen-bond acceptors (Lipinski definition) is 4. The number of methoxy groups -OCH3 is 1. The minimum absolute atomic E-state index is 0.236. The molecule has 4 rings (SSSR count). The minimum atomic E-state index is -0.236. The summed E-state index contributed by atoms with van der Waals surface area (Å²) in [4.78, 5) is 17.5. The molecule has 0 fully saturated rings. The van der Waals surface area contributed by atoms with Gasteiger partial charge in [-0.2, -0.15) is 5.10 Å². The van der Waals surface area contributed by atoms with Gasteiger partial charge >= 0.3 is 0 Å². The molecule has 1 amide bonds. The van der Waals surface area contributed by atoms with Crippen LogP contribution in [0.2, 0.25) is 0 Å². The topological polar surface area (TPSA) is 69.0 Å². The number of ether oxygens (including phenoxy) is 1. The first-order valence-corrected chi connectivity index (χ1v) is 8.82. The number of benzene rings is 2. The molecule has 6 nitrogen and oxygen atoms in total. The number of aromatic nitrogens is 3. The Morgan fingerprint density at radius 3 is 2.81 bits per heavy atom. The summed E-state index contributed by atoms with van der Waals surface area (Å²) in [7, 11) is 1.58. The van der Waals surface area contributed by atoms with Gasteiger partial charge in [0.15, 0.2) is 11.5 Å². The lowest BCUT2D eigenvalue weighted by atomic mass is 10.1. The summed E-state index contributed by atoms with van der Waals surface area (Å²) < 4.78 is 7.00. The molecule has 4 aromatic rings. The quantitative estimate of drug-likeness (QED) is 0.593. The molecule has 0 radical (unpaired) electrons. The van der Waals surface area contributed by atoms with E-state index in [2.05, 4.69) is 22.5 Å². The van der Waals surface area contributed by atoms with Gasteiger partial charge in [0, 0.05) is 17.5 Å². The summed E-state index contributed by atoms with van der Waals surface area (Å²) in [5, 5.41) is 9.31. The van der Waals surface area contributed by atoms with Crippen molar-refractivity contribution in [2.45, 2.75) is 20.4 Å². The molecule has 0 saturated carbocycles. The maximum Gasteiger partial charge on any atom is 0.257 e. The van der Waals surface area contributed by atoms with Gasteiger partial charge in [-0.15, -0.1) is 0 Å². The number of nitrogens with one attached hydrogen (secondary N) is 1. The van der Waals surface area contributed by atoms with Crippen molar-refractivity contribution in [3.63, 3.8) is 0 Å². The molecule has 27 heavy (non-hydrogen) atoms. The molecule has 0 aliphatic rings. The van der Waals surface area contributed by atoms with Crippen LogP contribution in [-0.2, 0) is 6.54 Å². The molecule has 0 bridgehead atoms. The maximum absolute atomic E-state index is 12.7. The lowest BCUT2D eigenvalue weighted by Gasteiger charge is -2.05. The Bertz CT molecular complexity index is 1160. The number of carbonyl (C=O) groups excluding carboxylic acids is 1. The average Bonchev–Trinajstić information content (AvgIpc) is 3.02. The Morgan fingerprint density at radius 2 is 2.04 bits per heavy atom. The van der Waals surface area contributed by atoms with Crippen LogP contribution in [0.25, 0.3) is 21.9 Å². The summed E-state index contributed by atoms with van der Waals surface area (Å²) in [5.41, 5.74) is 3.35. The summed E-state index contributed by atoms with van der Waals surface area (Å²) >= 11 is 0. The van der Waals surface area contributed by atoms with Crippen molar-refractivity contribution in [2.24, 2.45) is 0 Å². The molecule has 6 heteroatoms. The standard InChI is InChI=1S/C21H20N4O2/c1-4-25-20-17(12-14-9-8-13(2)10-18(14)22-20)19(24-25)23-21(26)15-6-5-7-16(11-15)27-3/h5-12H,4H2,1-3H3,(H,23,24,26). The molecule has 0 unspecified atom stereocenters. The highest BCUT2D eigenvalue weighted by atomic mass is 16.5. The van der Waals surface area contributed by atoms with Crippen LogP contribution in [0, 0.1) is 6.92 Å². The second-order valence-electron chi connectivity index (χ2n) is 6.41. The second kappa shape index (κ2) is 6.72. The van der Waals surface area contributed by atoms with Crippen molar-refractivity contribution in [1.82, 2.24) is 14.8 Å². The Labute approximate surface area is 156 Å². The zero-order valence-electron chi connectivity index (χ0n) is 15.5. The summed E-state index contributed by atoms with van der Waals surface area (Å²) in [6, 6.07) is 15.2. The molecule has 0 saturated heterocycles. The molecule has 1 N–H and O–H groups in total. The van der Waals surface area contributed by atoms with Crippen molar-refractivity contribution in [1.29, 1.82) is 0 Å². The number of pyridine rings is 1. The predicted octanol–water partition coefficient (Wildman–Crippen LogP) is 4.17. The minimum Gasteiger partial charge on any atom is -0.497 e. The zero-order valence-corrected chi connectivity index (χ0v) is 15.5. The van der Waals surface area contributed by atoms with E-state index < -0.39 is 0 Å². The van der Waals surface area contributed by atoms with Crippen LogP contribution in [0.4, 0.5) is 5.82 Å². The van der Waals surface area contributed by atoms with Crippen LogP contribution in [0.15, 0.2) is 48.5 Å². The van der Waals surface area contributed by atoms with Gasteiger partial charge < -0.3 is 10.1 Å². The Hall–Kier alpha value is -3.41. The van der Waals surface area contributed by atoms with Crippen molar-refractivity contribution < 1.29 is 9.53 Å². The highest BCUT2D eigenvalue weighted by Crippen LogP contribution is 2.27. The number of amides is 1. The van der Waals surface area contributed by atoms with Crippen molar-refractivity contribution in [2.75, 3.05) is 12.4 Å². The third-order valence-electron chi connectivity index (χ3n) is 4.54. The van der Waals surface area contributed by atoms with Gasteiger partial charge in [0.2, 0.25) is 0 Å². The number of anilines is 1. The average molecular weight is 360 g/mol. The first-order valence-electron chi connectivity index (χ1n) is 8.82. The van der Waals surface area contributed by atoms with E-state index in [-0.39, 0.29) is 5.91 Å². The van der Waals surface area contributed by atoms with Gasteiger partial charge in [-0.25, -0.2) is 9.67 Å². The number of fused-ring (bicyclic) bond motifs is 2. The van der Waals surface area contributed by atoms with Crippen LogP contribution in [0.5, 0.6) is 5.75 Å².